The number of pyridine rings is 1. The molecule has 3 aromatic rings. The van der Waals surface area contributed by atoms with E-state index in [-0.39, 0.29) is 53.4 Å². The van der Waals surface area contributed by atoms with E-state index in [0.29, 0.717) is 22.3 Å². The highest BCUT2D eigenvalue weighted by molar-refractivity contribution is 7.92. The number of aromatic carboxylic acids is 1. The van der Waals surface area contributed by atoms with Gasteiger partial charge in [0, 0.05) is 37.3 Å². The van der Waals surface area contributed by atoms with Crippen LogP contribution in [0.2, 0.25) is 0 Å². The number of halogens is 4. The van der Waals surface area contributed by atoms with Gasteiger partial charge in [-0.1, -0.05) is 6.07 Å². The quantitative estimate of drug-likeness (QED) is 0.476. The minimum Gasteiger partial charge on any atom is -0.478 e. The van der Waals surface area contributed by atoms with E-state index in [2.05, 4.69) is 14.6 Å². The first-order chi connectivity index (χ1) is 15.1. The van der Waals surface area contributed by atoms with Crippen molar-refractivity contribution in [2.75, 3.05) is 42.8 Å². The molecule has 0 radical (unpaired) electrons. The lowest BCUT2D eigenvalue weighted by Crippen LogP contribution is -2.44. The third-order valence-electron chi connectivity index (χ3n) is 5.54. The molecule has 1 aromatic heterocycles. The largest absolute Gasteiger partial charge is 0.478 e. The Labute approximate surface area is 221 Å². The van der Waals surface area contributed by atoms with E-state index in [4.69, 9.17) is 0 Å². The van der Waals surface area contributed by atoms with Crippen molar-refractivity contribution >= 4 is 75.6 Å². The van der Waals surface area contributed by atoms with E-state index in [1.54, 1.807) is 13.0 Å². The van der Waals surface area contributed by atoms with Crippen LogP contribution in [0.15, 0.2) is 47.4 Å². The van der Waals surface area contributed by atoms with Crippen LogP contribution in [-0.4, -0.2) is 62.6 Å². The fourth-order valence-electron chi connectivity index (χ4n) is 3.72. The maximum atomic E-state index is 13.6. The summed E-state index contributed by atoms with van der Waals surface area (Å²) in [6.07, 6.45) is 0. The van der Waals surface area contributed by atoms with Crippen molar-refractivity contribution in [3.05, 3.63) is 59.4 Å². The molecule has 1 fully saturated rings. The molecule has 1 saturated heterocycles. The average Bonchev–Trinajstić information content (AvgIpc) is 2.74. The average molecular weight is 568 g/mol. The van der Waals surface area contributed by atoms with Gasteiger partial charge in [0.1, 0.15) is 11.6 Å². The Kier molecular flexibility index (Phi) is 10.6. The first kappa shape index (κ1) is 30.7. The summed E-state index contributed by atoms with van der Waals surface area (Å²) in [6, 6.07) is 9.57. The van der Waals surface area contributed by atoms with Crippen LogP contribution in [0.25, 0.3) is 10.9 Å². The van der Waals surface area contributed by atoms with Gasteiger partial charge in [0.05, 0.1) is 16.0 Å². The molecule has 1 aliphatic heterocycles. The third-order valence-corrected chi connectivity index (χ3v) is 7.07. The van der Waals surface area contributed by atoms with Crippen molar-refractivity contribution < 1.29 is 22.7 Å². The van der Waals surface area contributed by atoms with Crippen molar-refractivity contribution in [3.8, 4) is 0 Å². The van der Waals surface area contributed by atoms with E-state index in [1.807, 2.05) is 11.9 Å². The molecule has 1 aliphatic rings. The SMILES string of the molecule is Cc1ccc(F)cc1S(=O)(=O)Nc1ccc2nc(N3CCN(C)CC3)cc(C(=O)O)c2c1.Cl.Cl.Cl. The number of anilines is 2. The van der Waals surface area contributed by atoms with Crippen molar-refractivity contribution in [1.82, 2.24) is 9.88 Å². The zero-order chi connectivity index (χ0) is 23.0. The number of nitrogens with one attached hydrogen (secondary N) is 1. The number of nitrogens with zero attached hydrogens (tertiary/aromatic N) is 3. The summed E-state index contributed by atoms with van der Waals surface area (Å²) >= 11 is 0. The van der Waals surface area contributed by atoms with E-state index in [0.717, 1.165) is 32.2 Å². The van der Waals surface area contributed by atoms with Gasteiger partial charge in [0.15, 0.2) is 0 Å². The summed E-state index contributed by atoms with van der Waals surface area (Å²) < 4.78 is 41.6. The number of fused-ring (bicyclic) bond motifs is 1. The summed E-state index contributed by atoms with van der Waals surface area (Å²) in [5, 5.41) is 10.1. The number of aromatic nitrogens is 1. The van der Waals surface area contributed by atoms with Crippen LogP contribution in [0.3, 0.4) is 0 Å². The van der Waals surface area contributed by atoms with Gasteiger partial charge in [-0.3, -0.25) is 4.72 Å². The maximum Gasteiger partial charge on any atom is 0.336 e. The van der Waals surface area contributed by atoms with Crippen molar-refractivity contribution in [3.63, 3.8) is 0 Å². The first-order valence-electron chi connectivity index (χ1n) is 10.0. The zero-order valence-corrected chi connectivity index (χ0v) is 22.2. The standard InChI is InChI=1S/C22H23FN4O4S.3ClH/c1-14-3-4-15(23)11-20(14)32(30,31)25-16-5-6-19-17(12-16)18(22(28)29)13-21(24-19)27-9-7-26(2)8-10-27;;;/h3-6,11-13,25H,7-10H2,1-2H3,(H,28,29);3*1H. The molecular weight excluding hydrogens is 542 g/mol. The second-order valence-electron chi connectivity index (χ2n) is 7.87. The van der Waals surface area contributed by atoms with Gasteiger partial charge in [-0.15, -0.1) is 37.2 Å². The molecule has 0 spiro atoms. The van der Waals surface area contributed by atoms with Gasteiger partial charge in [-0.25, -0.2) is 22.6 Å². The predicted molar refractivity (Wildman–Crippen MR) is 142 cm³/mol. The molecule has 4 rings (SSSR count). The Balaban J connectivity index is 0.00000204. The molecular formula is C22H26Cl3FN4O4S. The molecule has 0 unspecified atom stereocenters. The van der Waals surface area contributed by atoms with Gasteiger partial charge >= 0.3 is 5.97 Å². The number of benzene rings is 2. The number of carboxylic acids is 1. The molecule has 2 N–H and O–H groups in total. The van der Waals surface area contributed by atoms with Crippen LogP contribution in [0, 0.1) is 12.7 Å². The zero-order valence-electron chi connectivity index (χ0n) is 18.9. The number of likely N-dealkylation sites (N-methyl/N-ethyl adjacent to an activating group) is 1. The van der Waals surface area contributed by atoms with Gasteiger partial charge in [0.25, 0.3) is 10.0 Å². The number of piperazine rings is 1. The Bertz CT molecular complexity index is 1320. The number of aryl methyl sites for hydroxylation is 1. The number of carboxylic acid groups (broad SMARTS) is 1. The van der Waals surface area contributed by atoms with Crippen molar-refractivity contribution in [2.45, 2.75) is 11.8 Å². The Hall–Kier alpha value is -2.37. The Morgan fingerprint density at radius 3 is 2.31 bits per heavy atom. The molecule has 2 aromatic carbocycles. The first-order valence-corrected chi connectivity index (χ1v) is 11.5. The van der Waals surface area contributed by atoms with Gasteiger partial charge in [-0.2, -0.15) is 0 Å². The van der Waals surface area contributed by atoms with Crippen LogP contribution in [-0.2, 0) is 10.0 Å². The molecule has 0 saturated carbocycles. The summed E-state index contributed by atoms with van der Waals surface area (Å²) in [7, 11) is -2.04. The fraction of sp³-hybridized carbons (Fsp3) is 0.273. The van der Waals surface area contributed by atoms with Gasteiger partial charge in [-0.05, 0) is 55.9 Å². The molecule has 192 valence electrons. The maximum absolute atomic E-state index is 13.6. The van der Waals surface area contributed by atoms with E-state index >= 15 is 0 Å². The van der Waals surface area contributed by atoms with Crippen molar-refractivity contribution in [1.29, 1.82) is 0 Å². The summed E-state index contributed by atoms with van der Waals surface area (Å²) in [6.45, 7) is 4.74. The minimum atomic E-state index is -4.07. The second kappa shape index (κ2) is 12.0. The van der Waals surface area contributed by atoms with E-state index in [9.17, 15) is 22.7 Å². The highest BCUT2D eigenvalue weighted by Crippen LogP contribution is 2.28. The lowest BCUT2D eigenvalue weighted by atomic mass is 10.1. The van der Waals surface area contributed by atoms with Gasteiger partial charge in [0.2, 0.25) is 0 Å². The monoisotopic (exact) mass is 566 g/mol. The Morgan fingerprint density at radius 2 is 1.69 bits per heavy atom. The van der Waals surface area contributed by atoms with Crippen LogP contribution in [0.5, 0.6) is 0 Å². The highest BCUT2D eigenvalue weighted by atomic mass is 35.5. The molecule has 0 atom stereocenters. The Morgan fingerprint density at radius 1 is 1.03 bits per heavy atom. The molecule has 35 heavy (non-hydrogen) atoms. The van der Waals surface area contributed by atoms with Crippen LogP contribution in [0.1, 0.15) is 15.9 Å². The van der Waals surface area contributed by atoms with Gasteiger partial charge < -0.3 is 14.9 Å². The lowest BCUT2D eigenvalue weighted by molar-refractivity contribution is 0.0699. The molecule has 8 nitrogen and oxygen atoms in total. The topological polar surface area (TPSA) is 103 Å². The molecule has 2 heterocycles. The van der Waals surface area contributed by atoms with Crippen LogP contribution >= 0.6 is 37.2 Å². The van der Waals surface area contributed by atoms with Crippen LogP contribution in [0.4, 0.5) is 15.9 Å². The number of rotatable bonds is 5. The van der Waals surface area contributed by atoms with E-state index < -0.39 is 21.8 Å². The molecule has 0 bridgehead atoms. The van der Waals surface area contributed by atoms with Crippen LogP contribution < -0.4 is 9.62 Å². The number of carbonyl (C=O) groups is 1. The lowest BCUT2D eigenvalue weighted by Gasteiger charge is -2.33. The number of hydrogen-bond donors (Lipinski definition) is 2. The summed E-state index contributed by atoms with van der Waals surface area (Å²) in [5.41, 5.74) is 1.04. The third kappa shape index (κ3) is 6.65. The highest BCUT2D eigenvalue weighted by Gasteiger charge is 2.21. The molecule has 0 aliphatic carbocycles. The normalized spacial score (nSPS) is 13.9. The molecule has 13 heteroatoms. The predicted octanol–water partition coefficient (Wildman–Crippen LogP) is 4.20. The van der Waals surface area contributed by atoms with E-state index in [1.165, 1.54) is 30.3 Å². The molecule has 0 amide bonds. The number of hydrogen-bond acceptors (Lipinski definition) is 6. The summed E-state index contributed by atoms with van der Waals surface area (Å²) in [4.78, 5) is 20.6. The smallest absolute Gasteiger partial charge is 0.336 e. The fourth-order valence-corrected chi connectivity index (χ4v) is 5.03. The number of sulfonamides is 1. The van der Waals surface area contributed by atoms with Crippen molar-refractivity contribution in [2.24, 2.45) is 0 Å². The minimum absolute atomic E-state index is 0. The summed E-state index contributed by atoms with van der Waals surface area (Å²) in [5.74, 6) is -1.22. The second-order valence-corrected chi connectivity index (χ2v) is 9.52.